The molecule has 0 aliphatic carbocycles. The molecule has 2 aliphatic rings. The number of piperazine rings is 1. The van der Waals surface area contributed by atoms with Gasteiger partial charge in [0.05, 0.1) is 11.6 Å². The molecule has 1 N–H and O–H groups in total. The standard InChI is InChI=1S/C25H32ClN3O.2ClH/c1-2-25(14-6-7-15-27-25)24(30)29-18-16-28(17-19-29)23(20-8-4-3-5-9-20)21-10-12-22(26)13-11-21;;/h3-5,8-13,23,27H,2,6-7,14-19H2,1H3;2*1H/t23?,25-;;/m0../s1. The van der Waals surface area contributed by atoms with Crippen molar-refractivity contribution in [2.75, 3.05) is 32.7 Å². The van der Waals surface area contributed by atoms with Crippen LogP contribution >= 0.6 is 36.4 Å². The smallest absolute Gasteiger partial charge is 0.242 e. The van der Waals surface area contributed by atoms with Crippen molar-refractivity contribution in [3.8, 4) is 0 Å². The molecule has 1 unspecified atom stereocenters. The normalized spacial score (nSPS) is 22.4. The van der Waals surface area contributed by atoms with Crippen molar-refractivity contribution >= 4 is 42.3 Å². The summed E-state index contributed by atoms with van der Waals surface area (Å²) in [6.45, 7) is 6.38. The van der Waals surface area contributed by atoms with Crippen LogP contribution in [0.25, 0.3) is 0 Å². The molecule has 2 saturated heterocycles. The lowest BCUT2D eigenvalue weighted by atomic mass is 9.84. The van der Waals surface area contributed by atoms with E-state index < -0.39 is 0 Å². The SMILES string of the molecule is CC[C@@]1(C(=O)N2CCN(C(c3ccccc3)c3ccc(Cl)cc3)CC2)CCCCN1.Cl.Cl. The maximum absolute atomic E-state index is 13.4. The quantitative estimate of drug-likeness (QED) is 0.604. The Bertz CT molecular complexity index is 833. The molecular formula is C25H34Cl3N3O. The van der Waals surface area contributed by atoms with Gasteiger partial charge < -0.3 is 10.2 Å². The van der Waals surface area contributed by atoms with Gasteiger partial charge in [0.15, 0.2) is 0 Å². The fraction of sp³-hybridized carbons (Fsp3) is 0.480. The van der Waals surface area contributed by atoms with E-state index in [0.29, 0.717) is 5.91 Å². The van der Waals surface area contributed by atoms with E-state index in [1.807, 2.05) is 12.1 Å². The highest BCUT2D eigenvalue weighted by Gasteiger charge is 2.41. The third-order valence-corrected chi connectivity index (χ3v) is 7.03. The molecule has 7 heteroatoms. The Balaban J connectivity index is 0.00000181. The minimum absolute atomic E-state index is 0. The number of nitrogens with one attached hydrogen (secondary N) is 1. The number of carbonyl (C=O) groups is 1. The van der Waals surface area contributed by atoms with Crippen LogP contribution < -0.4 is 5.32 Å². The summed E-state index contributed by atoms with van der Waals surface area (Å²) in [4.78, 5) is 18.0. The maximum Gasteiger partial charge on any atom is 0.242 e. The Morgan fingerprint density at radius 2 is 1.59 bits per heavy atom. The van der Waals surface area contributed by atoms with Gasteiger partial charge in [-0.15, -0.1) is 24.8 Å². The molecule has 2 atom stereocenters. The Morgan fingerprint density at radius 3 is 2.16 bits per heavy atom. The molecule has 0 saturated carbocycles. The number of amides is 1. The van der Waals surface area contributed by atoms with Gasteiger partial charge in [0.2, 0.25) is 5.91 Å². The first-order valence-corrected chi connectivity index (χ1v) is 11.6. The minimum Gasteiger partial charge on any atom is -0.339 e. The van der Waals surface area contributed by atoms with Gasteiger partial charge in [0.25, 0.3) is 0 Å². The van der Waals surface area contributed by atoms with E-state index in [2.05, 4.69) is 64.5 Å². The zero-order valence-electron chi connectivity index (χ0n) is 18.6. The lowest BCUT2D eigenvalue weighted by Crippen LogP contribution is -2.62. The number of carbonyl (C=O) groups excluding carboxylic acids is 1. The van der Waals surface area contributed by atoms with E-state index in [9.17, 15) is 4.79 Å². The Labute approximate surface area is 209 Å². The monoisotopic (exact) mass is 497 g/mol. The summed E-state index contributed by atoms with van der Waals surface area (Å²) in [5.41, 5.74) is 2.16. The average Bonchev–Trinajstić information content (AvgIpc) is 2.82. The van der Waals surface area contributed by atoms with Crippen molar-refractivity contribution in [1.82, 2.24) is 15.1 Å². The van der Waals surface area contributed by atoms with Crippen molar-refractivity contribution in [1.29, 1.82) is 0 Å². The Kier molecular flexibility index (Phi) is 10.3. The lowest BCUT2D eigenvalue weighted by molar-refractivity contribution is -0.141. The van der Waals surface area contributed by atoms with Gasteiger partial charge in [-0.05, 0) is 55.5 Å². The predicted molar refractivity (Wildman–Crippen MR) is 137 cm³/mol. The number of nitrogens with zero attached hydrogens (tertiary/aromatic N) is 2. The van der Waals surface area contributed by atoms with Crippen LogP contribution in [0.5, 0.6) is 0 Å². The van der Waals surface area contributed by atoms with Crippen LogP contribution in [-0.2, 0) is 4.79 Å². The highest BCUT2D eigenvalue weighted by molar-refractivity contribution is 6.30. The molecule has 0 spiro atoms. The first kappa shape index (κ1) is 26.9. The van der Waals surface area contributed by atoms with Gasteiger partial charge in [-0.1, -0.05) is 61.0 Å². The van der Waals surface area contributed by atoms with Crippen LogP contribution in [0.3, 0.4) is 0 Å². The van der Waals surface area contributed by atoms with Crippen molar-refractivity contribution in [3.63, 3.8) is 0 Å². The molecule has 32 heavy (non-hydrogen) atoms. The molecule has 4 nitrogen and oxygen atoms in total. The number of piperidine rings is 1. The molecule has 0 bridgehead atoms. The third kappa shape index (κ3) is 5.78. The van der Waals surface area contributed by atoms with Crippen LogP contribution in [0, 0.1) is 0 Å². The van der Waals surface area contributed by atoms with E-state index in [4.69, 9.17) is 11.6 Å². The first-order valence-electron chi connectivity index (χ1n) is 11.2. The van der Waals surface area contributed by atoms with Crippen molar-refractivity contribution in [3.05, 3.63) is 70.7 Å². The topological polar surface area (TPSA) is 35.6 Å². The summed E-state index contributed by atoms with van der Waals surface area (Å²) < 4.78 is 0. The van der Waals surface area contributed by atoms with E-state index >= 15 is 0 Å². The largest absolute Gasteiger partial charge is 0.339 e. The van der Waals surface area contributed by atoms with Gasteiger partial charge >= 0.3 is 0 Å². The highest BCUT2D eigenvalue weighted by atomic mass is 35.5. The molecule has 2 aliphatic heterocycles. The Morgan fingerprint density at radius 1 is 0.969 bits per heavy atom. The number of hydrogen-bond acceptors (Lipinski definition) is 3. The minimum atomic E-state index is -0.352. The second-order valence-corrected chi connectivity index (χ2v) is 8.95. The van der Waals surface area contributed by atoms with Gasteiger partial charge in [-0.25, -0.2) is 0 Å². The molecule has 0 aromatic heterocycles. The van der Waals surface area contributed by atoms with Gasteiger partial charge in [-0.3, -0.25) is 9.69 Å². The summed E-state index contributed by atoms with van der Waals surface area (Å²) in [6, 6.07) is 19.0. The maximum atomic E-state index is 13.4. The fourth-order valence-electron chi connectivity index (χ4n) is 4.98. The first-order chi connectivity index (χ1) is 14.6. The summed E-state index contributed by atoms with van der Waals surface area (Å²) in [7, 11) is 0. The molecule has 176 valence electrons. The molecule has 4 rings (SSSR count). The van der Waals surface area contributed by atoms with Crippen LogP contribution in [-0.4, -0.2) is 54.0 Å². The van der Waals surface area contributed by atoms with Crippen LogP contribution in [0.15, 0.2) is 54.6 Å². The number of halogens is 3. The molecule has 0 radical (unpaired) electrons. The van der Waals surface area contributed by atoms with Crippen molar-refractivity contribution in [2.45, 2.75) is 44.2 Å². The zero-order valence-corrected chi connectivity index (χ0v) is 21.0. The molecule has 1 amide bonds. The second kappa shape index (κ2) is 12.2. The summed E-state index contributed by atoms with van der Waals surface area (Å²) >= 11 is 6.14. The fourth-order valence-corrected chi connectivity index (χ4v) is 5.11. The Hall–Kier alpha value is -1.30. The molecule has 2 heterocycles. The third-order valence-electron chi connectivity index (χ3n) is 6.77. The molecular weight excluding hydrogens is 465 g/mol. The predicted octanol–water partition coefficient (Wildman–Crippen LogP) is 5.34. The molecule has 2 aromatic rings. The second-order valence-electron chi connectivity index (χ2n) is 8.51. The van der Waals surface area contributed by atoms with Gasteiger partial charge in [-0.2, -0.15) is 0 Å². The summed E-state index contributed by atoms with van der Waals surface area (Å²) in [6.07, 6.45) is 4.13. The number of hydrogen-bond donors (Lipinski definition) is 1. The van der Waals surface area contributed by atoms with Gasteiger partial charge in [0, 0.05) is 31.2 Å². The average molecular weight is 499 g/mol. The van der Waals surface area contributed by atoms with E-state index in [0.717, 1.165) is 57.0 Å². The van der Waals surface area contributed by atoms with E-state index in [1.165, 1.54) is 17.5 Å². The van der Waals surface area contributed by atoms with E-state index in [1.54, 1.807) is 0 Å². The van der Waals surface area contributed by atoms with Crippen molar-refractivity contribution in [2.24, 2.45) is 0 Å². The van der Waals surface area contributed by atoms with Gasteiger partial charge in [0.1, 0.15) is 0 Å². The van der Waals surface area contributed by atoms with E-state index in [-0.39, 0.29) is 36.4 Å². The number of benzene rings is 2. The zero-order chi connectivity index (χ0) is 21.0. The molecule has 2 aromatic carbocycles. The summed E-state index contributed by atoms with van der Waals surface area (Å²) in [5.74, 6) is 0.298. The van der Waals surface area contributed by atoms with Crippen LogP contribution in [0.4, 0.5) is 0 Å². The summed E-state index contributed by atoms with van der Waals surface area (Å²) in [5, 5.41) is 4.31. The highest BCUT2D eigenvalue weighted by Crippen LogP contribution is 2.31. The number of rotatable bonds is 5. The molecule has 2 fully saturated rings. The van der Waals surface area contributed by atoms with Crippen LogP contribution in [0.1, 0.15) is 49.8 Å². The lowest BCUT2D eigenvalue weighted by Gasteiger charge is -2.44. The van der Waals surface area contributed by atoms with Crippen molar-refractivity contribution < 1.29 is 4.79 Å². The van der Waals surface area contributed by atoms with Crippen LogP contribution in [0.2, 0.25) is 5.02 Å².